The van der Waals surface area contributed by atoms with Gasteiger partial charge < -0.3 is 4.18 Å². The number of rotatable bonds is 11. The number of hydrogen-bond acceptors (Lipinski definition) is 5. The molecule has 23 heteroatoms. The summed E-state index contributed by atoms with van der Waals surface area (Å²) >= 11 is 3.41. The van der Waals surface area contributed by atoms with Crippen molar-refractivity contribution in [3.63, 3.8) is 0 Å². The molecule has 0 aliphatic rings. The number of halogens is 17. The first-order valence-corrected chi connectivity index (χ1v) is 10.00. The fraction of sp³-hybridized carbons (Fsp3) is 0.643. The van der Waals surface area contributed by atoms with E-state index in [9.17, 15) is 78.7 Å². The van der Waals surface area contributed by atoms with Crippen molar-refractivity contribution in [3.8, 4) is 5.88 Å². The zero-order valence-electron chi connectivity index (χ0n) is 16.6. The van der Waals surface area contributed by atoms with E-state index < -0.39 is 62.5 Å². The molecule has 0 amide bonds. The van der Waals surface area contributed by atoms with Crippen LogP contribution in [0.1, 0.15) is 5.56 Å². The van der Waals surface area contributed by atoms with Crippen molar-refractivity contribution in [1.29, 1.82) is 0 Å². The standard InChI is InChI=1S/C14H6ClF16NO4S/c1-5-2-3-32-6(4-5)35-37(33,34)14(30,31)13(28,29)36-12(26,27)10(22,23)8(18,19)7(16,17)9(20,21)11(15,24)25/h2-4H,1H3. The van der Waals surface area contributed by atoms with Gasteiger partial charge in [-0.3, -0.25) is 0 Å². The van der Waals surface area contributed by atoms with Crippen molar-refractivity contribution in [3.05, 3.63) is 23.9 Å². The average Bonchev–Trinajstić information content (AvgIpc) is 2.65. The van der Waals surface area contributed by atoms with Crippen molar-refractivity contribution in [1.82, 2.24) is 4.98 Å². The van der Waals surface area contributed by atoms with Gasteiger partial charge in [-0.05, 0) is 30.2 Å². The third-order valence-corrected chi connectivity index (χ3v) is 5.39. The molecule has 0 N–H and O–H groups in total. The Kier molecular flexibility index (Phi) is 8.09. The minimum atomic E-state index is -8.52. The quantitative estimate of drug-likeness (QED) is 0.165. The van der Waals surface area contributed by atoms with Gasteiger partial charge in [-0.15, -0.1) is 0 Å². The summed E-state index contributed by atoms with van der Waals surface area (Å²) in [5, 5.41) is -14.1. The Morgan fingerprint density at radius 2 is 1.16 bits per heavy atom. The lowest BCUT2D eigenvalue weighted by atomic mass is 9.97. The van der Waals surface area contributed by atoms with Gasteiger partial charge in [-0.2, -0.15) is 78.7 Å². The molecule has 1 aromatic heterocycles. The molecule has 0 bridgehead atoms. The minimum Gasteiger partial charge on any atom is -0.357 e. The van der Waals surface area contributed by atoms with Crippen LogP contribution in [0.4, 0.5) is 70.2 Å². The summed E-state index contributed by atoms with van der Waals surface area (Å²) in [6, 6.07) is 1.49. The van der Waals surface area contributed by atoms with E-state index in [0.717, 1.165) is 13.0 Å². The summed E-state index contributed by atoms with van der Waals surface area (Å²) in [7, 11) is -7.33. The number of nitrogens with zero attached hydrogens (tertiary/aromatic N) is 1. The van der Waals surface area contributed by atoms with Gasteiger partial charge in [0.05, 0.1) is 0 Å². The van der Waals surface area contributed by atoms with Gasteiger partial charge in [-0.1, -0.05) is 0 Å². The SMILES string of the molecule is Cc1ccnc(OS(=O)(=O)C(F)(F)C(F)(F)OC(F)(F)C(F)(F)C(F)(F)C(F)(F)C(F)(F)C(F)(F)Cl)c1. The normalized spacial score (nSPS) is 15.6. The second-order valence-electron chi connectivity index (χ2n) is 6.66. The highest BCUT2D eigenvalue weighted by molar-refractivity contribution is 7.88. The zero-order valence-corrected chi connectivity index (χ0v) is 18.2. The molecule has 0 atom stereocenters. The molecule has 0 spiro atoms. The summed E-state index contributed by atoms with van der Waals surface area (Å²) < 4.78 is 241. The molecule has 0 saturated carbocycles. The molecule has 0 unspecified atom stereocenters. The zero-order chi connectivity index (χ0) is 29.9. The molecule has 0 fully saturated rings. The molecule has 0 aliphatic carbocycles. The Balaban J connectivity index is 3.50. The van der Waals surface area contributed by atoms with Crippen LogP contribution in [0.5, 0.6) is 5.88 Å². The largest absolute Gasteiger partial charge is 0.471 e. The highest BCUT2D eigenvalue weighted by atomic mass is 35.5. The second kappa shape index (κ2) is 9.06. The van der Waals surface area contributed by atoms with E-state index in [4.69, 9.17) is 0 Å². The van der Waals surface area contributed by atoms with Gasteiger partial charge in [0, 0.05) is 12.3 Å². The van der Waals surface area contributed by atoms with Gasteiger partial charge in [0.15, 0.2) is 0 Å². The van der Waals surface area contributed by atoms with Crippen molar-refractivity contribution >= 4 is 21.7 Å². The average molecular weight is 624 g/mol. The first kappa shape index (κ1) is 33.1. The Morgan fingerprint density at radius 3 is 1.57 bits per heavy atom. The number of pyridine rings is 1. The van der Waals surface area contributed by atoms with Crippen LogP contribution in [-0.4, -0.2) is 59.9 Å². The van der Waals surface area contributed by atoms with Crippen LogP contribution in [0.3, 0.4) is 0 Å². The van der Waals surface area contributed by atoms with E-state index >= 15 is 0 Å². The van der Waals surface area contributed by atoms with Crippen LogP contribution >= 0.6 is 11.6 Å². The molecule has 0 aromatic carbocycles. The summed E-state index contributed by atoms with van der Waals surface area (Å²) in [5.41, 5.74) is -0.0554. The maximum atomic E-state index is 13.8. The van der Waals surface area contributed by atoms with Gasteiger partial charge in [0.25, 0.3) is 0 Å². The summed E-state index contributed by atoms with van der Waals surface area (Å²) in [6.07, 6.45) is -15.1. The van der Waals surface area contributed by atoms with E-state index in [0.29, 0.717) is 12.3 Å². The highest BCUT2D eigenvalue weighted by Gasteiger charge is 2.92. The third kappa shape index (κ3) is 5.19. The van der Waals surface area contributed by atoms with E-state index in [1.54, 1.807) is 0 Å². The molecule has 0 radical (unpaired) electrons. The lowest BCUT2D eigenvalue weighted by Crippen LogP contribution is -2.71. The van der Waals surface area contributed by atoms with E-state index in [-0.39, 0.29) is 5.56 Å². The first-order valence-electron chi connectivity index (χ1n) is 8.21. The molecule has 0 saturated heterocycles. The van der Waals surface area contributed by atoms with Crippen LogP contribution in [0, 0.1) is 6.92 Å². The van der Waals surface area contributed by atoms with Crippen LogP contribution in [0.25, 0.3) is 0 Å². The molecular weight excluding hydrogens is 618 g/mol. The van der Waals surface area contributed by atoms with Crippen LogP contribution in [0.15, 0.2) is 18.3 Å². The monoisotopic (exact) mass is 623 g/mol. The Morgan fingerprint density at radius 1 is 0.730 bits per heavy atom. The Hall–Kier alpha value is -1.97. The van der Waals surface area contributed by atoms with Crippen molar-refractivity contribution in [2.45, 2.75) is 53.5 Å². The maximum Gasteiger partial charge on any atom is 0.471 e. The fourth-order valence-corrected chi connectivity index (χ4v) is 2.78. The lowest BCUT2D eigenvalue weighted by Gasteiger charge is -2.40. The predicted octanol–water partition coefficient (Wildman–Crippen LogP) is 6.27. The first-order chi connectivity index (χ1) is 15.9. The van der Waals surface area contributed by atoms with Gasteiger partial charge in [0.2, 0.25) is 5.88 Å². The summed E-state index contributed by atoms with van der Waals surface area (Å²) in [5.74, 6) is -34.6. The molecule has 37 heavy (non-hydrogen) atoms. The van der Waals surface area contributed by atoms with Gasteiger partial charge >= 0.3 is 56.7 Å². The van der Waals surface area contributed by atoms with Gasteiger partial charge in [-0.25, -0.2) is 9.72 Å². The molecule has 0 aliphatic heterocycles. The molecule has 1 rings (SSSR count). The van der Waals surface area contributed by atoms with Crippen molar-refractivity contribution < 1.29 is 87.6 Å². The highest BCUT2D eigenvalue weighted by Crippen LogP contribution is 2.61. The summed E-state index contributed by atoms with van der Waals surface area (Å²) in [4.78, 5) is 2.92. The smallest absolute Gasteiger partial charge is 0.357 e. The number of aryl methyl sites for hydroxylation is 1. The van der Waals surface area contributed by atoms with Crippen LogP contribution < -0.4 is 4.18 Å². The second-order valence-corrected chi connectivity index (χ2v) is 8.72. The molecular formula is C14H6ClF16NO4S. The summed E-state index contributed by atoms with van der Waals surface area (Å²) in [6.45, 7) is 1.11. The lowest BCUT2D eigenvalue weighted by molar-refractivity contribution is -0.498. The van der Waals surface area contributed by atoms with Crippen molar-refractivity contribution in [2.24, 2.45) is 0 Å². The van der Waals surface area contributed by atoms with E-state index in [1.165, 1.54) is 4.74 Å². The predicted molar refractivity (Wildman–Crippen MR) is 85.0 cm³/mol. The van der Waals surface area contributed by atoms with Crippen molar-refractivity contribution in [2.75, 3.05) is 0 Å². The van der Waals surface area contributed by atoms with E-state index in [2.05, 4.69) is 20.8 Å². The van der Waals surface area contributed by atoms with Gasteiger partial charge in [0.1, 0.15) is 0 Å². The van der Waals surface area contributed by atoms with E-state index in [1.807, 2.05) is 0 Å². The third-order valence-electron chi connectivity index (χ3n) is 3.90. The fourth-order valence-electron chi connectivity index (χ4n) is 1.90. The number of hydrogen-bond donors (Lipinski definition) is 0. The topological polar surface area (TPSA) is 65.5 Å². The number of aromatic nitrogens is 1. The van der Waals surface area contributed by atoms with Crippen LogP contribution in [0.2, 0.25) is 0 Å². The molecule has 1 heterocycles. The number of ether oxygens (including phenoxy) is 1. The minimum absolute atomic E-state index is 0.0554. The maximum absolute atomic E-state index is 13.8. The molecule has 1 aromatic rings. The van der Waals surface area contributed by atoms with Crippen LogP contribution in [-0.2, 0) is 14.9 Å². The Labute approximate surface area is 198 Å². The number of alkyl halides is 17. The Bertz CT molecular complexity index is 1100. The molecule has 5 nitrogen and oxygen atoms in total. The molecule has 216 valence electrons.